The molecular formula is C7H6Cl2OS. The van der Waals surface area contributed by atoms with Crippen LogP contribution in [0.15, 0.2) is 17.0 Å². The maximum atomic E-state index is 9.09. The van der Waals surface area contributed by atoms with Crippen LogP contribution in [0.3, 0.4) is 0 Å². The fourth-order valence-corrected chi connectivity index (χ4v) is 1.84. The van der Waals surface area contributed by atoms with Gasteiger partial charge in [0, 0.05) is 11.0 Å². The quantitative estimate of drug-likeness (QED) is 0.715. The second kappa shape index (κ2) is 3.57. The summed E-state index contributed by atoms with van der Waals surface area (Å²) in [5, 5.41) is 9.98. The van der Waals surface area contributed by atoms with Crippen LogP contribution in [0.2, 0.25) is 10.0 Å². The lowest BCUT2D eigenvalue weighted by Gasteiger charge is -2.02. The van der Waals surface area contributed by atoms with Crippen LogP contribution < -0.4 is 0 Å². The van der Waals surface area contributed by atoms with Gasteiger partial charge in [0.25, 0.3) is 0 Å². The predicted molar refractivity (Wildman–Crippen MR) is 49.9 cm³/mol. The van der Waals surface area contributed by atoms with Gasteiger partial charge in [-0.05, 0) is 12.3 Å². The van der Waals surface area contributed by atoms with Gasteiger partial charge in [0.1, 0.15) is 5.75 Å². The van der Waals surface area contributed by atoms with Crippen LogP contribution in [0.5, 0.6) is 5.75 Å². The largest absolute Gasteiger partial charge is 0.508 e. The molecule has 0 heterocycles. The van der Waals surface area contributed by atoms with Crippen molar-refractivity contribution in [2.45, 2.75) is 4.90 Å². The van der Waals surface area contributed by atoms with Crippen molar-refractivity contribution < 1.29 is 5.11 Å². The lowest BCUT2D eigenvalue weighted by molar-refractivity contribution is 0.474. The standard InChI is InChI=1S/C7H6Cl2OS/c1-11-6-3-4(10)2-5(8)7(6)9/h2-3,10H,1H3. The molecule has 0 fully saturated rings. The number of rotatable bonds is 1. The summed E-state index contributed by atoms with van der Waals surface area (Å²) in [6, 6.07) is 3.00. The van der Waals surface area contributed by atoms with Gasteiger partial charge in [-0.3, -0.25) is 0 Å². The molecule has 4 heteroatoms. The molecule has 0 unspecified atom stereocenters. The molecule has 0 aliphatic heterocycles. The molecule has 1 nitrogen and oxygen atoms in total. The average molecular weight is 209 g/mol. The first kappa shape index (κ1) is 9.04. The highest BCUT2D eigenvalue weighted by molar-refractivity contribution is 7.98. The van der Waals surface area contributed by atoms with Crippen molar-refractivity contribution in [3.8, 4) is 5.75 Å². The Morgan fingerprint density at radius 1 is 1.36 bits per heavy atom. The maximum absolute atomic E-state index is 9.09. The van der Waals surface area contributed by atoms with E-state index in [1.54, 1.807) is 6.07 Å². The summed E-state index contributed by atoms with van der Waals surface area (Å²) >= 11 is 12.9. The lowest BCUT2D eigenvalue weighted by atomic mass is 10.3. The summed E-state index contributed by atoms with van der Waals surface area (Å²) in [7, 11) is 0. The molecule has 0 bridgehead atoms. The highest BCUT2D eigenvalue weighted by Gasteiger charge is 2.05. The SMILES string of the molecule is CSc1cc(O)cc(Cl)c1Cl. The van der Waals surface area contributed by atoms with E-state index in [0.717, 1.165) is 4.90 Å². The summed E-state index contributed by atoms with van der Waals surface area (Å²) in [4.78, 5) is 0.789. The Bertz CT molecular complexity index is 275. The topological polar surface area (TPSA) is 20.2 Å². The Labute approximate surface area is 79.3 Å². The fraction of sp³-hybridized carbons (Fsp3) is 0.143. The van der Waals surface area contributed by atoms with E-state index in [0.29, 0.717) is 10.0 Å². The van der Waals surface area contributed by atoms with Gasteiger partial charge in [0.15, 0.2) is 0 Å². The zero-order valence-electron chi connectivity index (χ0n) is 5.77. The molecule has 11 heavy (non-hydrogen) atoms. The molecule has 0 aromatic heterocycles. The highest BCUT2D eigenvalue weighted by Crippen LogP contribution is 2.35. The number of aromatic hydroxyl groups is 1. The van der Waals surface area contributed by atoms with Gasteiger partial charge >= 0.3 is 0 Å². The third-order valence-corrected chi connectivity index (χ3v) is 2.88. The molecule has 1 rings (SSSR count). The van der Waals surface area contributed by atoms with Gasteiger partial charge in [-0.1, -0.05) is 23.2 Å². The van der Waals surface area contributed by atoms with Crippen molar-refractivity contribution in [3.63, 3.8) is 0 Å². The number of benzene rings is 1. The Balaban J connectivity index is 3.24. The third kappa shape index (κ3) is 1.95. The van der Waals surface area contributed by atoms with Gasteiger partial charge in [0.05, 0.1) is 10.0 Å². The van der Waals surface area contributed by atoms with E-state index in [9.17, 15) is 0 Å². The van der Waals surface area contributed by atoms with E-state index in [2.05, 4.69) is 0 Å². The summed E-state index contributed by atoms with van der Waals surface area (Å²) in [5.74, 6) is 0.142. The summed E-state index contributed by atoms with van der Waals surface area (Å²) in [6.45, 7) is 0. The minimum atomic E-state index is 0.142. The molecule has 0 amide bonds. The van der Waals surface area contributed by atoms with Gasteiger partial charge < -0.3 is 5.11 Å². The molecule has 1 aromatic rings. The Hall–Kier alpha value is -0.0500. The normalized spacial score (nSPS) is 10.1. The van der Waals surface area contributed by atoms with E-state index in [-0.39, 0.29) is 5.75 Å². The van der Waals surface area contributed by atoms with Crippen LogP contribution in [0.25, 0.3) is 0 Å². The van der Waals surface area contributed by atoms with Crippen LogP contribution >= 0.6 is 35.0 Å². The van der Waals surface area contributed by atoms with Crippen molar-refractivity contribution >= 4 is 35.0 Å². The predicted octanol–water partition coefficient (Wildman–Crippen LogP) is 3.42. The first-order chi connectivity index (χ1) is 5.15. The second-order valence-electron chi connectivity index (χ2n) is 1.94. The monoisotopic (exact) mass is 208 g/mol. The Morgan fingerprint density at radius 3 is 2.55 bits per heavy atom. The van der Waals surface area contributed by atoms with Crippen molar-refractivity contribution in [1.29, 1.82) is 0 Å². The summed E-state index contributed by atoms with van der Waals surface area (Å²) in [5.41, 5.74) is 0. The van der Waals surface area contributed by atoms with Gasteiger partial charge in [-0.2, -0.15) is 0 Å². The molecule has 0 atom stereocenters. The molecule has 60 valence electrons. The Kier molecular flexibility index (Phi) is 2.93. The van der Waals surface area contributed by atoms with Crippen LogP contribution in [0, 0.1) is 0 Å². The van der Waals surface area contributed by atoms with E-state index in [4.69, 9.17) is 28.3 Å². The molecule has 0 saturated carbocycles. The van der Waals surface area contributed by atoms with Gasteiger partial charge in [0.2, 0.25) is 0 Å². The minimum absolute atomic E-state index is 0.142. The van der Waals surface area contributed by atoms with E-state index in [1.165, 1.54) is 17.8 Å². The smallest absolute Gasteiger partial charge is 0.118 e. The molecule has 0 saturated heterocycles. The van der Waals surface area contributed by atoms with Crippen molar-refractivity contribution in [1.82, 2.24) is 0 Å². The molecular weight excluding hydrogens is 203 g/mol. The molecule has 0 aliphatic rings. The lowest BCUT2D eigenvalue weighted by Crippen LogP contribution is -1.75. The zero-order valence-corrected chi connectivity index (χ0v) is 8.09. The van der Waals surface area contributed by atoms with Crippen LogP contribution in [0.4, 0.5) is 0 Å². The Morgan fingerprint density at radius 2 is 2.00 bits per heavy atom. The highest BCUT2D eigenvalue weighted by atomic mass is 35.5. The van der Waals surface area contributed by atoms with Crippen molar-refractivity contribution in [2.75, 3.05) is 6.26 Å². The van der Waals surface area contributed by atoms with E-state index in [1.807, 2.05) is 6.26 Å². The number of thioether (sulfide) groups is 1. The van der Waals surface area contributed by atoms with Crippen molar-refractivity contribution in [2.24, 2.45) is 0 Å². The molecule has 0 aliphatic carbocycles. The van der Waals surface area contributed by atoms with Crippen molar-refractivity contribution in [3.05, 3.63) is 22.2 Å². The average Bonchev–Trinajstić information content (AvgIpc) is 1.96. The summed E-state index contributed by atoms with van der Waals surface area (Å²) in [6.07, 6.45) is 1.87. The molecule has 1 aromatic carbocycles. The number of halogens is 2. The molecule has 0 spiro atoms. The minimum Gasteiger partial charge on any atom is -0.508 e. The summed E-state index contributed by atoms with van der Waals surface area (Å²) < 4.78 is 0. The van der Waals surface area contributed by atoms with Crippen LogP contribution in [-0.2, 0) is 0 Å². The first-order valence-electron chi connectivity index (χ1n) is 2.87. The second-order valence-corrected chi connectivity index (χ2v) is 3.58. The maximum Gasteiger partial charge on any atom is 0.118 e. The molecule has 1 N–H and O–H groups in total. The van der Waals surface area contributed by atoms with Crippen LogP contribution in [0.1, 0.15) is 0 Å². The fourth-order valence-electron chi connectivity index (χ4n) is 0.699. The van der Waals surface area contributed by atoms with Gasteiger partial charge in [-0.15, -0.1) is 11.8 Å². The van der Waals surface area contributed by atoms with E-state index >= 15 is 0 Å². The number of phenols is 1. The van der Waals surface area contributed by atoms with Crippen LogP contribution in [-0.4, -0.2) is 11.4 Å². The number of hydrogen-bond donors (Lipinski definition) is 1. The molecule has 0 radical (unpaired) electrons. The van der Waals surface area contributed by atoms with Gasteiger partial charge in [-0.25, -0.2) is 0 Å². The number of phenolic OH excluding ortho intramolecular Hbond substituents is 1. The third-order valence-electron chi connectivity index (χ3n) is 1.20. The number of hydrogen-bond acceptors (Lipinski definition) is 2. The first-order valence-corrected chi connectivity index (χ1v) is 4.85. The van der Waals surface area contributed by atoms with E-state index < -0.39 is 0 Å². The zero-order chi connectivity index (χ0) is 8.43.